The number of amides is 3. The van der Waals surface area contributed by atoms with Crippen LogP contribution in [0.15, 0.2) is 29.0 Å². The van der Waals surface area contributed by atoms with Gasteiger partial charge in [-0.3, -0.25) is 14.4 Å². The Morgan fingerprint density at radius 2 is 1.97 bits per heavy atom. The van der Waals surface area contributed by atoms with Crippen LogP contribution in [0.4, 0.5) is 10.1 Å². The van der Waals surface area contributed by atoms with E-state index in [0.717, 1.165) is 13.1 Å². The lowest BCUT2D eigenvalue weighted by atomic mass is 10.0. The molecular weight excluding hydrogens is 431 g/mol. The highest BCUT2D eigenvalue weighted by Crippen LogP contribution is 2.17. The van der Waals surface area contributed by atoms with Gasteiger partial charge in [0, 0.05) is 26.2 Å². The van der Waals surface area contributed by atoms with Gasteiger partial charge in [0.25, 0.3) is 5.91 Å². The van der Waals surface area contributed by atoms with Crippen molar-refractivity contribution < 1.29 is 23.3 Å². The summed E-state index contributed by atoms with van der Waals surface area (Å²) in [5.74, 6) is -1.90. The zero-order chi connectivity index (χ0) is 24.0. The van der Waals surface area contributed by atoms with Crippen LogP contribution in [0, 0.1) is 5.82 Å². The molecule has 2 heterocycles. The Bertz CT molecular complexity index is 1000. The topological polar surface area (TPSA) is 134 Å². The molecule has 1 fully saturated rings. The molecule has 1 unspecified atom stereocenters. The normalized spacial score (nSPS) is 15.2. The number of hydrogen-bond donors (Lipinski definition) is 3. The summed E-state index contributed by atoms with van der Waals surface area (Å²) in [6.07, 6.45) is 1.90. The van der Waals surface area contributed by atoms with Gasteiger partial charge >= 0.3 is 0 Å². The molecule has 1 aromatic carbocycles. The van der Waals surface area contributed by atoms with Gasteiger partial charge in [-0.25, -0.2) is 4.39 Å². The fourth-order valence-electron chi connectivity index (χ4n) is 3.54. The summed E-state index contributed by atoms with van der Waals surface area (Å²) < 4.78 is 19.3. The second kappa shape index (κ2) is 11.0. The second-order valence-corrected chi connectivity index (χ2v) is 8.01. The first kappa shape index (κ1) is 24.3. The number of hydrogen-bond acceptors (Lipinski definition) is 7. The van der Waals surface area contributed by atoms with Crippen LogP contribution in [0.5, 0.6) is 0 Å². The number of aryl methyl sites for hydroxylation is 1. The van der Waals surface area contributed by atoms with Gasteiger partial charge in [-0.2, -0.15) is 0 Å². The van der Waals surface area contributed by atoms with Crippen LogP contribution in [0.3, 0.4) is 0 Å². The van der Waals surface area contributed by atoms with Gasteiger partial charge in [0.2, 0.25) is 11.8 Å². The SMILES string of the molecule is CCc1nocc1C(=O)NCC(=O)Nc1ccc(CC(N)C(=O)N2CCN(C)CC2)cc1F. The van der Waals surface area contributed by atoms with Crippen molar-refractivity contribution in [1.82, 2.24) is 20.3 Å². The van der Waals surface area contributed by atoms with Gasteiger partial charge in [0.1, 0.15) is 17.6 Å². The van der Waals surface area contributed by atoms with Crippen molar-refractivity contribution in [1.29, 1.82) is 0 Å². The molecule has 0 radical (unpaired) electrons. The fraction of sp³-hybridized carbons (Fsp3) is 0.455. The monoisotopic (exact) mass is 460 g/mol. The molecule has 0 saturated carbocycles. The maximum absolute atomic E-state index is 14.5. The van der Waals surface area contributed by atoms with Crippen molar-refractivity contribution >= 4 is 23.4 Å². The van der Waals surface area contributed by atoms with Gasteiger partial charge in [-0.05, 0) is 37.6 Å². The molecule has 1 saturated heterocycles. The lowest BCUT2D eigenvalue weighted by Crippen LogP contribution is -2.52. The molecule has 1 aliphatic heterocycles. The highest BCUT2D eigenvalue weighted by Gasteiger charge is 2.24. The molecule has 0 spiro atoms. The van der Waals surface area contributed by atoms with Gasteiger partial charge in [-0.1, -0.05) is 18.1 Å². The third-order valence-corrected chi connectivity index (χ3v) is 5.53. The standard InChI is InChI=1S/C22H29FN6O4/c1-3-18-15(13-33-27-18)21(31)25-12-20(30)26-19-5-4-14(10-16(19)23)11-17(24)22(32)29-8-6-28(2)7-9-29/h4-5,10,13,17H,3,6-9,11-12,24H2,1-2H3,(H,25,31)(H,26,30). The highest BCUT2D eigenvalue weighted by atomic mass is 19.1. The van der Waals surface area contributed by atoms with E-state index < -0.39 is 23.7 Å². The Labute approximate surface area is 191 Å². The number of likely N-dealkylation sites (N-methyl/N-ethyl adjacent to an activating group) is 1. The maximum atomic E-state index is 14.5. The van der Waals surface area contributed by atoms with Crippen LogP contribution < -0.4 is 16.4 Å². The Hall–Kier alpha value is -3.31. The van der Waals surface area contributed by atoms with E-state index in [2.05, 4.69) is 20.7 Å². The van der Waals surface area contributed by atoms with Crippen LogP contribution in [-0.2, 0) is 22.4 Å². The number of nitrogens with zero attached hydrogens (tertiary/aromatic N) is 3. The predicted molar refractivity (Wildman–Crippen MR) is 119 cm³/mol. The summed E-state index contributed by atoms with van der Waals surface area (Å²) in [6, 6.07) is 3.50. The average molecular weight is 461 g/mol. The van der Waals surface area contributed by atoms with Gasteiger partial charge < -0.3 is 30.7 Å². The molecule has 1 atom stereocenters. The van der Waals surface area contributed by atoms with E-state index in [1.165, 1.54) is 18.4 Å². The summed E-state index contributed by atoms with van der Waals surface area (Å²) in [6.45, 7) is 4.30. The Kier molecular flexibility index (Phi) is 8.12. The molecule has 10 nitrogen and oxygen atoms in total. The second-order valence-electron chi connectivity index (χ2n) is 8.01. The van der Waals surface area contributed by atoms with Crippen molar-refractivity contribution in [2.45, 2.75) is 25.8 Å². The first-order valence-electron chi connectivity index (χ1n) is 10.8. The maximum Gasteiger partial charge on any atom is 0.256 e. The van der Waals surface area contributed by atoms with Crippen LogP contribution in [0.1, 0.15) is 28.5 Å². The number of piperazine rings is 1. The molecule has 4 N–H and O–H groups in total. The third kappa shape index (κ3) is 6.36. The molecule has 1 aromatic heterocycles. The molecule has 0 aliphatic carbocycles. The zero-order valence-electron chi connectivity index (χ0n) is 18.8. The van der Waals surface area contributed by atoms with Crippen molar-refractivity contribution in [3.63, 3.8) is 0 Å². The molecule has 1 aliphatic rings. The van der Waals surface area contributed by atoms with Crippen LogP contribution in [0.2, 0.25) is 0 Å². The minimum absolute atomic E-state index is 0.0313. The molecule has 2 aromatic rings. The van der Waals surface area contributed by atoms with Crippen LogP contribution in [0.25, 0.3) is 0 Å². The molecule has 11 heteroatoms. The number of rotatable bonds is 8. The number of benzene rings is 1. The van der Waals surface area contributed by atoms with Crippen LogP contribution >= 0.6 is 0 Å². The summed E-state index contributed by atoms with van der Waals surface area (Å²) in [7, 11) is 2.00. The van der Waals surface area contributed by atoms with Crippen molar-refractivity contribution in [3.05, 3.63) is 47.1 Å². The quantitative estimate of drug-likeness (QED) is 0.519. The predicted octanol–water partition coefficient (Wildman–Crippen LogP) is 0.388. The summed E-state index contributed by atoms with van der Waals surface area (Å²) in [5, 5.41) is 8.58. The summed E-state index contributed by atoms with van der Waals surface area (Å²) in [5.41, 5.74) is 7.32. The molecule has 0 bridgehead atoms. The van der Waals surface area contributed by atoms with E-state index in [0.29, 0.717) is 30.8 Å². The summed E-state index contributed by atoms with van der Waals surface area (Å²) in [4.78, 5) is 40.7. The summed E-state index contributed by atoms with van der Waals surface area (Å²) >= 11 is 0. The van der Waals surface area contributed by atoms with Gasteiger partial charge in [-0.15, -0.1) is 0 Å². The van der Waals surface area contributed by atoms with E-state index in [4.69, 9.17) is 10.3 Å². The van der Waals surface area contributed by atoms with Gasteiger partial charge in [0.15, 0.2) is 0 Å². The fourth-order valence-corrected chi connectivity index (χ4v) is 3.54. The number of anilines is 1. The first-order chi connectivity index (χ1) is 15.8. The lowest BCUT2D eigenvalue weighted by Gasteiger charge is -2.33. The number of aromatic nitrogens is 1. The average Bonchev–Trinajstić information content (AvgIpc) is 3.28. The van der Waals surface area contributed by atoms with Crippen LogP contribution in [-0.4, -0.2) is 78.5 Å². The smallest absolute Gasteiger partial charge is 0.256 e. The first-order valence-corrected chi connectivity index (χ1v) is 10.8. The minimum atomic E-state index is -0.770. The van der Waals surface area contributed by atoms with Crippen molar-refractivity contribution in [2.24, 2.45) is 5.73 Å². The van der Waals surface area contributed by atoms with E-state index in [-0.39, 0.29) is 30.1 Å². The number of nitrogens with two attached hydrogens (primary N) is 1. The Morgan fingerprint density at radius 3 is 2.64 bits per heavy atom. The molecular formula is C22H29FN6O4. The largest absolute Gasteiger partial charge is 0.364 e. The number of halogens is 1. The number of nitrogens with one attached hydrogen (secondary N) is 2. The highest BCUT2D eigenvalue weighted by molar-refractivity contribution is 5.99. The number of carbonyl (C=O) groups is 3. The molecule has 33 heavy (non-hydrogen) atoms. The van der Waals surface area contributed by atoms with E-state index in [1.807, 2.05) is 14.0 Å². The Morgan fingerprint density at radius 1 is 1.24 bits per heavy atom. The van der Waals surface area contributed by atoms with Crippen molar-refractivity contribution in [2.75, 3.05) is 45.1 Å². The third-order valence-electron chi connectivity index (χ3n) is 5.53. The molecule has 3 rings (SSSR count). The number of carbonyl (C=O) groups excluding carboxylic acids is 3. The zero-order valence-corrected chi connectivity index (χ0v) is 18.8. The van der Waals surface area contributed by atoms with E-state index >= 15 is 0 Å². The van der Waals surface area contributed by atoms with E-state index in [1.54, 1.807) is 11.0 Å². The lowest BCUT2D eigenvalue weighted by molar-refractivity contribution is -0.134. The molecule has 178 valence electrons. The van der Waals surface area contributed by atoms with Crippen molar-refractivity contribution in [3.8, 4) is 0 Å². The molecule has 3 amide bonds. The Balaban J connectivity index is 1.50. The van der Waals surface area contributed by atoms with Gasteiger partial charge in [0.05, 0.1) is 24.0 Å². The van der Waals surface area contributed by atoms with E-state index in [9.17, 15) is 18.8 Å². The minimum Gasteiger partial charge on any atom is -0.364 e.